The number of thiophene rings is 1. The van der Waals surface area contributed by atoms with E-state index >= 15 is 0 Å². The number of anilines is 2. The average molecular weight is 469 g/mol. The van der Waals surface area contributed by atoms with E-state index in [9.17, 15) is 14.4 Å². The van der Waals surface area contributed by atoms with Crippen LogP contribution in [0.2, 0.25) is 0 Å². The van der Waals surface area contributed by atoms with Gasteiger partial charge in [0, 0.05) is 56.6 Å². The molecule has 0 unspecified atom stereocenters. The molecule has 3 aliphatic rings. The van der Waals surface area contributed by atoms with Crippen LogP contribution in [0.4, 0.5) is 11.4 Å². The lowest BCUT2D eigenvalue weighted by Gasteiger charge is -2.37. The van der Waals surface area contributed by atoms with Crippen molar-refractivity contribution >= 4 is 40.4 Å². The van der Waals surface area contributed by atoms with Gasteiger partial charge in [-0.05, 0) is 42.5 Å². The fourth-order valence-electron chi connectivity index (χ4n) is 4.35. The molecule has 8 nitrogen and oxygen atoms in total. The second-order valence-corrected chi connectivity index (χ2v) is 9.60. The van der Waals surface area contributed by atoms with Crippen molar-refractivity contribution in [3.05, 3.63) is 46.2 Å². The SMILES string of the molecule is O=C(Nc1ccc(N2CCN(C(=O)C3CC3)CC2)c(C(=O)N2CCOCC2)c1)c1cccs1. The third-order valence-corrected chi connectivity index (χ3v) is 7.26. The zero-order chi connectivity index (χ0) is 22.8. The molecule has 1 saturated carbocycles. The van der Waals surface area contributed by atoms with Crippen LogP contribution in [0.15, 0.2) is 35.7 Å². The molecule has 3 amide bonds. The van der Waals surface area contributed by atoms with Crippen molar-refractivity contribution in [2.75, 3.05) is 62.7 Å². The molecule has 33 heavy (non-hydrogen) atoms. The molecule has 0 atom stereocenters. The van der Waals surface area contributed by atoms with Crippen LogP contribution in [-0.4, -0.2) is 80.0 Å². The maximum atomic E-state index is 13.5. The van der Waals surface area contributed by atoms with Crippen molar-refractivity contribution in [1.29, 1.82) is 0 Å². The Kier molecular flexibility index (Phi) is 6.32. The number of piperazine rings is 1. The van der Waals surface area contributed by atoms with Crippen LogP contribution >= 0.6 is 11.3 Å². The summed E-state index contributed by atoms with van der Waals surface area (Å²) in [7, 11) is 0. The van der Waals surface area contributed by atoms with Gasteiger partial charge in [0.15, 0.2) is 0 Å². The topological polar surface area (TPSA) is 82.2 Å². The molecule has 1 aromatic carbocycles. The Morgan fingerprint density at radius 1 is 0.939 bits per heavy atom. The molecule has 1 aliphatic carbocycles. The van der Waals surface area contributed by atoms with E-state index in [1.807, 2.05) is 28.5 Å². The van der Waals surface area contributed by atoms with Gasteiger partial charge in [-0.3, -0.25) is 14.4 Å². The minimum atomic E-state index is -0.185. The predicted molar refractivity (Wildman–Crippen MR) is 127 cm³/mol. The molecule has 0 spiro atoms. The van der Waals surface area contributed by atoms with E-state index in [2.05, 4.69) is 10.2 Å². The highest BCUT2D eigenvalue weighted by molar-refractivity contribution is 7.12. The summed E-state index contributed by atoms with van der Waals surface area (Å²) >= 11 is 1.38. The van der Waals surface area contributed by atoms with Crippen molar-refractivity contribution in [1.82, 2.24) is 9.80 Å². The number of nitrogens with one attached hydrogen (secondary N) is 1. The van der Waals surface area contributed by atoms with Crippen LogP contribution in [0.3, 0.4) is 0 Å². The Labute approximate surface area is 197 Å². The number of hydrogen-bond acceptors (Lipinski definition) is 6. The summed E-state index contributed by atoms with van der Waals surface area (Å²) in [6.07, 6.45) is 2.02. The van der Waals surface area contributed by atoms with Crippen LogP contribution in [0.1, 0.15) is 32.9 Å². The first-order valence-electron chi connectivity index (χ1n) is 11.5. The van der Waals surface area contributed by atoms with Gasteiger partial charge in [-0.2, -0.15) is 0 Å². The molecular weight excluding hydrogens is 440 g/mol. The van der Waals surface area contributed by atoms with Gasteiger partial charge >= 0.3 is 0 Å². The number of benzene rings is 1. The molecule has 2 saturated heterocycles. The smallest absolute Gasteiger partial charge is 0.265 e. The number of rotatable bonds is 5. The zero-order valence-electron chi connectivity index (χ0n) is 18.5. The van der Waals surface area contributed by atoms with Crippen molar-refractivity contribution in [2.45, 2.75) is 12.8 Å². The molecule has 3 fully saturated rings. The lowest BCUT2D eigenvalue weighted by atomic mass is 10.1. The second-order valence-electron chi connectivity index (χ2n) is 8.65. The van der Waals surface area contributed by atoms with Crippen LogP contribution in [0.5, 0.6) is 0 Å². The predicted octanol–water partition coefficient (Wildman–Crippen LogP) is 2.53. The Hall–Kier alpha value is -2.91. The van der Waals surface area contributed by atoms with Gasteiger partial charge in [0.2, 0.25) is 5.91 Å². The third-order valence-electron chi connectivity index (χ3n) is 6.39. The lowest BCUT2D eigenvalue weighted by Crippen LogP contribution is -2.50. The number of ether oxygens (including phenoxy) is 1. The molecule has 0 bridgehead atoms. The molecule has 9 heteroatoms. The largest absolute Gasteiger partial charge is 0.378 e. The van der Waals surface area contributed by atoms with E-state index in [0.717, 1.165) is 18.5 Å². The number of hydrogen-bond donors (Lipinski definition) is 1. The van der Waals surface area contributed by atoms with E-state index in [-0.39, 0.29) is 23.6 Å². The first-order chi connectivity index (χ1) is 16.1. The van der Waals surface area contributed by atoms with Crippen LogP contribution in [0, 0.1) is 5.92 Å². The van der Waals surface area contributed by atoms with E-state index < -0.39 is 0 Å². The highest BCUT2D eigenvalue weighted by atomic mass is 32.1. The van der Waals surface area contributed by atoms with Crippen LogP contribution in [-0.2, 0) is 9.53 Å². The molecule has 5 rings (SSSR count). The van der Waals surface area contributed by atoms with Crippen molar-refractivity contribution in [3.63, 3.8) is 0 Å². The summed E-state index contributed by atoms with van der Waals surface area (Å²) in [5, 5.41) is 4.78. The minimum absolute atomic E-state index is 0.0583. The quantitative estimate of drug-likeness (QED) is 0.729. The van der Waals surface area contributed by atoms with Gasteiger partial charge in [-0.25, -0.2) is 0 Å². The van der Waals surface area contributed by atoms with Gasteiger partial charge in [0.05, 0.1) is 23.7 Å². The van der Waals surface area contributed by atoms with E-state index in [4.69, 9.17) is 4.74 Å². The Morgan fingerprint density at radius 3 is 2.36 bits per heavy atom. The number of amides is 3. The maximum Gasteiger partial charge on any atom is 0.265 e. The summed E-state index contributed by atoms with van der Waals surface area (Å²) in [5.74, 6) is 0.249. The Morgan fingerprint density at radius 2 is 1.70 bits per heavy atom. The van der Waals surface area contributed by atoms with Crippen molar-refractivity contribution in [3.8, 4) is 0 Å². The van der Waals surface area contributed by atoms with E-state index in [1.165, 1.54) is 11.3 Å². The van der Waals surface area contributed by atoms with E-state index in [1.54, 1.807) is 17.0 Å². The number of carbonyl (C=O) groups excluding carboxylic acids is 3. The fraction of sp³-hybridized carbons (Fsp3) is 0.458. The molecule has 1 N–H and O–H groups in total. The highest BCUT2D eigenvalue weighted by Gasteiger charge is 2.35. The summed E-state index contributed by atoms with van der Waals surface area (Å²) in [4.78, 5) is 45.0. The third kappa shape index (κ3) is 4.89. The molecular formula is C24H28N4O4S. The maximum absolute atomic E-state index is 13.5. The van der Waals surface area contributed by atoms with E-state index in [0.29, 0.717) is 68.6 Å². The number of nitrogens with zero attached hydrogens (tertiary/aromatic N) is 3. The summed E-state index contributed by atoms with van der Waals surface area (Å²) < 4.78 is 5.41. The summed E-state index contributed by atoms with van der Waals surface area (Å²) in [5.41, 5.74) is 2.01. The number of carbonyl (C=O) groups is 3. The highest BCUT2D eigenvalue weighted by Crippen LogP contribution is 2.32. The van der Waals surface area contributed by atoms with Gasteiger partial charge in [-0.15, -0.1) is 11.3 Å². The first kappa shape index (κ1) is 21.9. The minimum Gasteiger partial charge on any atom is -0.378 e. The van der Waals surface area contributed by atoms with Gasteiger partial charge in [0.25, 0.3) is 11.8 Å². The van der Waals surface area contributed by atoms with Gasteiger partial charge < -0.3 is 24.8 Å². The monoisotopic (exact) mass is 468 g/mol. The van der Waals surface area contributed by atoms with Crippen molar-refractivity contribution in [2.24, 2.45) is 5.92 Å². The summed E-state index contributed by atoms with van der Waals surface area (Å²) in [6, 6.07) is 9.15. The lowest BCUT2D eigenvalue weighted by molar-refractivity contribution is -0.132. The fourth-order valence-corrected chi connectivity index (χ4v) is 4.97. The van der Waals surface area contributed by atoms with Crippen molar-refractivity contribution < 1.29 is 19.1 Å². The molecule has 3 heterocycles. The van der Waals surface area contributed by atoms with Crippen LogP contribution < -0.4 is 10.2 Å². The van der Waals surface area contributed by atoms with Gasteiger partial charge in [0.1, 0.15) is 0 Å². The number of morpholine rings is 1. The molecule has 0 radical (unpaired) electrons. The zero-order valence-corrected chi connectivity index (χ0v) is 19.3. The standard InChI is InChI=1S/C24H28N4O4S/c29-22(21-2-1-15-33-21)25-18-5-6-20(19(16-18)24(31)28-11-13-32-14-12-28)26-7-9-27(10-8-26)23(30)17-3-4-17/h1-2,5-6,15-17H,3-4,7-14H2,(H,25,29). The first-order valence-corrected chi connectivity index (χ1v) is 12.4. The van der Waals surface area contributed by atoms with Gasteiger partial charge in [-0.1, -0.05) is 6.07 Å². The average Bonchev–Trinajstić information content (AvgIpc) is 3.56. The Bertz CT molecular complexity index is 1020. The summed E-state index contributed by atoms with van der Waals surface area (Å²) in [6.45, 7) is 4.84. The van der Waals surface area contributed by atoms with Crippen LogP contribution in [0.25, 0.3) is 0 Å². The molecule has 2 aromatic rings. The normalized spacial score (nSPS) is 18.8. The Balaban J connectivity index is 1.37. The molecule has 1 aromatic heterocycles. The molecule has 2 aliphatic heterocycles. The second kappa shape index (κ2) is 9.52. The molecule has 174 valence electrons.